The van der Waals surface area contributed by atoms with Crippen LogP contribution in [0.3, 0.4) is 0 Å². The molecular formula is C25H39N5O4S. The van der Waals surface area contributed by atoms with Crippen LogP contribution in [0.2, 0.25) is 0 Å². The highest BCUT2D eigenvalue weighted by Crippen LogP contribution is 2.27. The second-order valence-corrected chi connectivity index (χ2v) is 9.24. The first-order valence-corrected chi connectivity index (χ1v) is 12.8. The van der Waals surface area contributed by atoms with Gasteiger partial charge in [0, 0.05) is 20.5 Å². The molecule has 2 aromatic rings. The highest BCUT2D eigenvalue weighted by Gasteiger charge is 2.20. The number of anilines is 1. The van der Waals surface area contributed by atoms with E-state index >= 15 is 0 Å². The summed E-state index contributed by atoms with van der Waals surface area (Å²) in [6, 6.07) is 7.29. The van der Waals surface area contributed by atoms with Crippen molar-refractivity contribution in [2.24, 2.45) is 8.80 Å². The lowest BCUT2D eigenvalue weighted by Crippen LogP contribution is -2.33. The number of aryl methyl sites for hydroxylation is 1. The number of nitrogens with zero attached hydrogens (tertiary/aromatic N) is 3. The highest BCUT2D eigenvalue weighted by atomic mass is 32.2. The summed E-state index contributed by atoms with van der Waals surface area (Å²) >= 11 is -1.69. The molecule has 0 bridgehead atoms. The molecule has 1 amide bonds. The van der Waals surface area contributed by atoms with Crippen molar-refractivity contribution in [3.63, 3.8) is 0 Å². The van der Waals surface area contributed by atoms with E-state index in [9.17, 15) is 14.1 Å². The van der Waals surface area contributed by atoms with E-state index in [2.05, 4.69) is 47.1 Å². The van der Waals surface area contributed by atoms with Gasteiger partial charge in [0.25, 0.3) is 11.2 Å². The summed E-state index contributed by atoms with van der Waals surface area (Å²) < 4.78 is 25.1. The van der Waals surface area contributed by atoms with Crippen molar-refractivity contribution in [1.29, 1.82) is 0 Å². The van der Waals surface area contributed by atoms with Gasteiger partial charge in [-0.2, -0.15) is 0 Å². The Morgan fingerprint density at radius 2 is 1.80 bits per heavy atom. The van der Waals surface area contributed by atoms with Crippen molar-refractivity contribution in [2.45, 2.75) is 66.8 Å². The van der Waals surface area contributed by atoms with Crippen LogP contribution in [0.5, 0.6) is 5.75 Å². The predicted octanol–water partition coefficient (Wildman–Crippen LogP) is 4.91. The standard InChI is InChI=1S/C17H20N4O3S.C5H11NO.C3H8/c1-10(2)12-7-13(24-9-12)8-18-16-17(21-25(23)20-16)19-14-6-4-5-11(3)15(14)22;1-4-5(7)6(2)3;1-3-2/h4-7,9-10,22H,8H2,1-3H3,(H,18,20)(H,19,21);4H2,1-3H3;3H2,1-2H3. The zero-order chi connectivity index (χ0) is 26.5. The number of benzene rings is 1. The maximum Gasteiger partial charge on any atom is 0.269 e. The van der Waals surface area contributed by atoms with Gasteiger partial charge in [0.1, 0.15) is 11.5 Å². The Bertz CT molecular complexity index is 1040. The van der Waals surface area contributed by atoms with Crippen LogP contribution in [0, 0.1) is 6.92 Å². The Balaban J connectivity index is 0.000000521. The van der Waals surface area contributed by atoms with E-state index in [1.54, 1.807) is 44.3 Å². The minimum atomic E-state index is -1.69. The van der Waals surface area contributed by atoms with Crippen LogP contribution in [-0.4, -0.2) is 45.9 Å². The second-order valence-electron chi connectivity index (χ2n) is 8.41. The average Bonchev–Trinajstić information content (AvgIpc) is 3.42. The van der Waals surface area contributed by atoms with Crippen molar-refractivity contribution >= 4 is 34.4 Å². The fourth-order valence-corrected chi connectivity index (χ4v) is 3.26. The van der Waals surface area contributed by atoms with Gasteiger partial charge in [-0.15, -0.1) is 8.80 Å². The molecule has 194 valence electrons. The summed E-state index contributed by atoms with van der Waals surface area (Å²) in [6.07, 6.45) is 3.58. The number of furan rings is 1. The van der Waals surface area contributed by atoms with Gasteiger partial charge in [0.05, 0.1) is 18.5 Å². The van der Waals surface area contributed by atoms with E-state index in [1.807, 2.05) is 19.1 Å². The second kappa shape index (κ2) is 15.0. The largest absolute Gasteiger partial charge is 0.505 e. The van der Waals surface area contributed by atoms with E-state index in [0.717, 1.165) is 16.9 Å². The van der Waals surface area contributed by atoms with Crippen molar-refractivity contribution in [3.05, 3.63) is 47.4 Å². The van der Waals surface area contributed by atoms with Crippen molar-refractivity contribution in [2.75, 3.05) is 19.4 Å². The zero-order valence-electron chi connectivity index (χ0n) is 22.0. The first-order chi connectivity index (χ1) is 16.5. The Morgan fingerprint density at radius 1 is 1.17 bits per heavy atom. The molecule has 1 aromatic heterocycles. The average molecular weight is 506 g/mol. The van der Waals surface area contributed by atoms with Gasteiger partial charge in [0.2, 0.25) is 5.91 Å². The molecule has 1 aliphatic rings. The molecule has 0 saturated carbocycles. The quantitative estimate of drug-likeness (QED) is 0.497. The zero-order valence-corrected chi connectivity index (χ0v) is 22.8. The van der Waals surface area contributed by atoms with Gasteiger partial charge in [-0.3, -0.25) is 4.79 Å². The molecule has 1 aliphatic heterocycles. The predicted molar refractivity (Wildman–Crippen MR) is 144 cm³/mol. The molecule has 9 nitrogen and oxygen atoms in total. The van der Waals surface area contributed by atoms with E-state index in [1.165, 1.54) is 6.42 Å². The van der Waals surface area contributed by atoms with Crippen LogP contribution in [0.15, 0.2) is 43.7 Å². The number of phenolic OH excluding ortho intramolecular Hbond substituents is 1. The lowest BCUT2D eigenvalue weighted by Gasteiger charge is -2.11. The van der Waals surface area contributed by atoms with Gasteiger partial charge in [-0.05, 0) is 36.1 Å². The molecule has 3 rings (SSSR count). The molecule has 3 N–H and O–H groups in total. The number of aromatic hydroxyl groups is 1. The first-order valence-electron chi connectivity index (χ1n) is 11.7. The van der Waals surface area contributed by atoms with Crippen LogP contribution in [0.25, 0.3) is 0 Å². The van der Waals surface area contributed by atoms with Crippen LogP contribution >= 0.6 is 0 Å². The number of amidine groups is 2. The molecule has 1 aromatic carbocycles. The van der Waals surface area contributed by atoms with Crippen LogP contribution in [-0.2, 0) is 22.5 Å². The van der Waals surface area contributed by atoms with Gasteiger partial charge in [0.15, 0.2) is 11.7 Å². The molecule has 0 saturated heterocycles. The Labute approximate surface area is 211 Å². The summed E-state index contributed by atoms with van der Waals surface area (Å²) in [5, 5.41) is 16.2. The first kappa shape index (κ1) is 29.9. The molecule has 1 atom stereocenters. The number of carbonyl (C=O) groups is 1. The number of nitrogens with one attached hydrogen (secondary N) is 2. The SMILES string of the molecule is CCC.CCC(=O)N(C)C.Cc1cccc(NC2=NS(=O)N=C2NCc2cc(C(C)C)co2)c1O. The Hall–Kier alpha value is -3.14. The van der Waals surface area contributed by atoms with Crippen molar-refractivity contribution < 1.29 is 18.5 Å². The molecule has 0 spiro atoms. The lowest BCUT2D eigenvalue weighted by molar-refractivity contribution is -0.128. The maximum absolute atomic E-state index is 11.7. The van der Waals surface area contributed by atoms with E-state index < -0.39 is 11.2 Å². The minimum absolute atomic E-state index is 0.120. The molecule has 1 unspecified atom stereocenters. The van der Waals surface area contributed by atoms with Crippen LogP contribution in [0.1, 0.15) is 70.3 Å². The number of carbonyl (C=O) groups excluding carboxylic acids is 1. The van der Waals surface area contributed by atoms with Crippen LogP contribution < -0.4 is 10.6 Å². The van der Waals surface area contributed by atoms with Gasteiger partial charge >= 0.3 is 0 Å². The number of amides is 1. The summed E-state index contributed by atoms with van der Waals surface area (Å²) in [4.78, 5) is 12.0. The van der Waals surface area contributed by atoms with E-state index in [-0.39, 0.29) is 11.7 Å². The maximum atomic E-state index is 11.7. The summed E-state index contributed by atoms with van der Waals surface area (Å²) in [5.74, 6) is 2.12. The van der Waals surface area contributed by atoms with E-state index in [4.69, 9.17) is 4.42 Å². The smallest absolute Gasteiger partial charge is 0.269 e. The summed E-state index contributed by atoms with van der Waals surface area (Å²) in [5.41, 5.74) is 2.32. The molecular weight excluding hydrogens is 466 g/mol. The van der Waals surface area contributed by atoms with Gasteiger partial charge < -0.3 is 25.1 Å². The third-order valence-corrected chi connectivity index (χ3v) is 5.30. The van der Waals surface area contributed by atoms with Crippen molar-refractivity contribution in [1.82, 2.24) is 10.2 Å². The molecule has 0 radical (unpaired) electrons. The molecule has 0 aliphatic carbocycles. The minimum Gasteiger partial charge on any atom is -0.505 e. The lowest BCUT2D eigenvalue weighted by atomic mass is 10.1. The van der Waals surface area contributed by atoms with Crippen LogP contribution in [0.4, 0.5) is 5.69 Å². The summed E-state index contributed by atoms with van der Waals surface area (Å²) in [7, 11) is 3.51. The molecule has 10 heteroatoms. The highest BCUT2D eigenvalue weighted by molar-refractivity contribution is 7.83. The number of hydrogen-bond donors (Lipinski definition) is 3. The topological polar surface area (TPSA) is 120 Å². The Morgan fingerprint density at radius 3 is 2.31 bits per heavy atom. The van der Waals surface area contributed by atoms with Gasteiger partial charge in [-0.1, -0.05) is 53.2 Å². The number of hydrogen-bond acceptors (Lipinski definition) is 6. The van der Waals surface area contributed by atoms with E-state index in [0.29, 0.717) is 36.2 Å². The fourth-order valence-electron chi connectivity index (χ4n) is 2.63. The van der Waals surface area contributed by atoms with Gasteiger partial charge in [-0.25, -0.2) is 4.21 Å². The Kier molecular flexibility index (Phi) is 12.8. The number of para-hydroxylation sites is 1. The number of rotatable bonds is 5. The third kappa shape index (κ3) is 9.94. The summed E-state index contributed by atoms with van der Waals surface area (Å²) in [6.45, 7) is 12.5. The molecule has 35 heavy (non-hydrogen) atoms. The monoisotopic (exact) mass is 505 g/mol. The fraction of sp³-hybridized carbons (Fsp3) is 0.480. The van der Waals surface area contributed by atoms with Crippen molar-refractivity contribution in [3.8, 4) is 5.75 Å². The molecule has 0 fully saturated rings. The third-order valence-electron chi connectivity index (χ3n) is 4.63. The normalized spacial score (nSPS) is 14.1. The molecule has 2 heterocycles. The number of phenols is 1.